The first kappa shape index (κ1) is 20.2. The largest absolute Gasteiger partial charge is 0.497 e. The lowest BCUT2D eigenvalue weighted by atomic mass is 10.1. The van der Waals surface area contributed by atoms with Crippen molar-refractivity contribution < 1.29 is 14.3 Å². The van der Waals surface area contributed by atoms with Crippen molar-refractivity contribution >= 4 is 11.8 Å². The zero-order valence-electron chi connectivity index (χ0n) is 16.2. The minimum absolute atomic E-state index is 0.164. The predicted molar refractivity (Wildman–Crippen MR) is 102 cm³/mol. The zero-order valence-corrected chi connectivity index (χ0v) is 16.2. The zero-order chi connectivity index (χ0) is 18.9. The molecule has 6 nitrogen and oxygen atoms in total. The van der Waals surface area contributed by atoms with E-state index in [9.17, 15) is 9.59 Å². The highest BCUT2D eigenvalue weighted by Crippen LogP contribution is 2.13. The monoisotopic (exact) mass is 361 g/mol. The third kappa shape index (κ3) is 5.73. The number of piperazine rings is 1. The van der Waals surface area contributed by atoms with Gasteiger partial charge in [0.25, 0.3) is 0 Å². The van der Waals surface area contributed by atoms with Gasteiger partial charge in [0.1, 0.15) is 5.75 Å². The van der Waals surface area contributed by atoms with Gasteiger partial charge in [0.2, 0.25) is 11.8 Å². The molecule has 1 aromatic carbocycles. The first-order valence-corrected chi connectivity index (χ1v) is 9.48. The summed E-state index contributed by atoms with van der Waals surface area (Å²) in [4.78, 5) is 30.6. The lowest BCUT2D eigenvalue weighted by Gasteiger charge is -2.35. The van der Waals surface area contributed by atoms with Crippen LogP contribution in [0.4, 0.5) is 0 Å². The van der Waals surface area contributed by atoms with Crippen molar-refractivity contribution in [2.45, 2.75) is 26.7 Å². The summed E-state index contributed by atoms with van der Waals surface area (Å²) in [7, 11) is 1.64. The second kappa shape index (κ2) is 10.2. The molecular formula is C20H31N3O3. The molecule has 144 valence electrons. The van der Waals surface area contributed by atoms with Gasteiger partial charge in [-0.1, -0.05) is 26.0 Å². The third-order valence-corrected chi connectivity index (χ3v) is 5.02. The fourth-order valence-corrected chi connectivity index (χ4v) is 3.15. The van der Waals surface area contributed by atoms with Gasteiger partial charge in [-0.05, 0) is 37.2 Å². The molecule has 6 heteroatoms. The van der Waals surface area contributed by atoms with Crippen LogP contribution >= 0.6 is 0 Å². The number of rotatable bonds is 8. The van der Waals surface area contributed by atoms with Crippen LogP contribution in [0.1, 0.15) is 25.8 Å². The van der Waals surface area contributed by atoms with Crippen LogP contribution in [0.5, 0.6) is 5.75 Å². The number of aryl methyl sites for hydroxylation is 1. The minimum Gasteiger partial charge on any atom is -0.497 e. The fraction of sp³-hybridized carbons (Fsp3) is 0.600. The highest BCUT2D eigenvalue weighted by atomic mass is 16.5. The van der Waals surface area contributed by atoms with Gasteiger partial charge in [-0.15, -0.1) is 0 Å². The van der Waals surface area contributed by atoms with Crippen molar-refractivity contribution in [2.24, 2.45) is 0 Å². The van der Waals surface area contributed by atoms with Crippen LogP contribution in [0.2, 0.25) is 0 Å². The highest BCUT2D eigenvalue weighted by Gasteiger charge is 2.24. The Hall–Kier alpha value is -2.08. The Bertz CT molecular complexity index is 576. The standard InChI is InChI=1S/C20H31N3O3/c1-4-21(5-2)16-20(25)23-14-12-22(13-15-23)19(24)11-8-17-6-9-18(26-3)10-7-17/h6-7,9-10H,4-5,8,11-16H2,1-3H3. The average molecular weight is 361 g/mol. The molecule has 1 saturated heterocycles. The molecule has 0 aromatic heterocycles. The van der Waals surface area contributed by atoms with Crippen molar-refractivity contribution in [3.05, 3.63) is 29.8 Å². The first-order valence-electron chi connectivity index (χ1n) is 9.48. The number of hydrogen-bond donors (Lipinski definition) is 0. The van der Waals surface area contributed by atoms with Crippen LogP contribution in [0.25, 0.3) is 0 Å². The van der Waals surface area contributed by atoms with Gasteiger partial charge >= 0.3 is 0 Å². The number of benzene rings is 1. The second-order valence-corrected chi connectivity index (χ2v) is 6.57. The van der Waals surface area contributed by atoms with E-state index in [-0.39, 0.29) is 11.8 Å². The van der Waals surface area contributed by atoms with Crippen molar-refractivity contribution in [1.29, 1.82) is 0 Å². The number of amides is 2. The Morgan fingerprint density at radius 2 is 1.50 bits per heavy atom. The lowest BCUT2D eigenvalue weighted by Crippen LogP contribution is -2.52. The molecule has 26 heavy (non-hydrogen) atoms. The molecule has 0 saturated carbocycles. The molecule has 0 unspecified atom stereocenters. The van der Waals surface area contributed by atoms with E-state index in [1.807, 2.05) is 34.1 Å². The summed E-state index contributed by atoms with van der Waals surface area (Å²) in [5.74, 6) is 1.15. The maximum Gasteiger partial charge on any atom is 0.236 e. The molecule has 1 aliphatic heterocycles. The van der Waals surface area contributed by atoms with Crippen LogP contribution in [-0.2, 0) is 16.0 Å². The molecule has 1 fully saturated rings. The van der Waals surface area contributed by atoms with E-state index in [4.69, 9.17) is 4.74 Å². The molecule has 2 rings (SSSR count). The van der Waals surface area contributed by atoms with E-state index in [1.54, 1.807) is 7.11 Å². The Kier molecular flexibility index (Phi) is 7.91. The Morgan fingerprint density at radius 3 is 2.00 bits per heavy atom. The Morgan fingerprint density at radius 1 is 0.962 bits per heavy atom. The highest BCUT2D eigenvalue weighted by molar-refractivity contribution is 5.79. The quantitative estimate of drug-likeness (QED) is 0.706. The molecule has 1 heterocycles. The van der Waals surface area contributed by atoms with Crippen molar-refractivity contribution in [1.82, 2.24) is 14.7 Å². The molecule has 1 aromatic rings. The van der Waals surface area contributed by atoms with Crippen LogP contribution in [0, 0.1) is 0 Å². The second-order valence-electron chi connectivity index (χ2n) is 6.57. The summed E-state index contributed by atoms with van der Waals surface area (Å²) in [5.41, 5.74) is 1.13. The summed E-state index contributed by atoms with van der Waals surface area (Å²) in [6, 6.07) is 7.83. The predicted octanol–water partition coefficient (Wildman–Crippen LogP) is 1.64. The van der Waals surface area contributed by atoms with Crippen LogP contribution < -0.4 is 4.74 Å². The topological polar surface area (TPSA) is 53.1 Å². The van der Waals surface area contributed by atoms with Gasteiger partial charge in [0.15, 0.2) is 0 Å². The molecule has 0 radical (unpaired) electrons. The van der Waals surface area contributed by atoms with Crippen molar-refractivity contribution in [2.75, 3.05) is 52.9 Å². The van der Waals surface area contributed by atoms with E-state index in [0.717, 1.165) is 30.8 Å². The number of carbonyl (C=O) groups excluding carboxylic acids is 2. The van der Waals surface area contributed by atoms with Crippen molar-refractivity contribution in [3.63, 3.8) is 0 Å². The van der Waals surface area contributed by atoms with Gasteiger partial charge in [-0.3, -0.25) is 14.5 Å². The number of ether oxygens (including phenoxy) is 1. The SMILES string of the molecule is CCN(CC)CC(=O)N1CCN(C(=O)CCc2ccc(OC)cc2)CC1. The summed E-state index contributed by atoms with van der Waals surface area (Å²) in [6.45, 7) is 8.89. The molecule has 0 bridgehead atoms. The van der Waals surface area contributed by atoms with Gasteiger partial charge in [-0.25, -0.2) is 0 Å². The normalized spacial score (nSPS) is 14.6. The van der Waals surface area contributed by atoms with Gasteiger partial charge in [-0.2, -0.15) is 0 Å². The molecule has 0 aliphatic carbocycles. The molecule has 0 atom stereocenters. The van der Waals surface area contributed by atoms with Gasteiger partial charge in [0, 0.05) is 32.6 Å². The van der Waals surface area contributed by atoms with Gasteiger partial charge in [0.05, 0.1) is 13.7 Å². The summed E-state index contributed by atoms with van der Waals surface area (Å²) in [6.07, 6.45) is 1.23. The molecule has 0 spiro atoms. The maximum atomic E-state index is 12.4. The summed E-state index contributed by atoms with van der Waals surface area (Å²) in [5, 5.41) is 0. The number of likely N-dealkylation sites (N-methyl/N-ethyl adjacent to an activating group) is 1. The summed E-state index contributed by atoms with van der Waals surface area (Å²) >= 11 is 0. The Labute approximate surface area is 156 Å². The molecule has 1 aliphatic rings. The van der Waals surface area contributed by atoms with Crippen molar-refractivity contribution in [3.8, 4) is 5.75 Å². The van der Waals surface area contributed by atoms with E-state index in [1.165, 1.54) is 0 Å². The lowest BCUT2D eigenvalue weighted by molar-refractivity contribution is -0.140. The van der Waals surface area contributed by atoms with E-state index < -0.39 is 0 Å². The van der Waals surface area contributed by atoms with E-state index in [2.05, 4.69) is 18.7 Å². The number of carbonyl (C=O) groups is 2. The molecule has 2 amide bonds. The smallest absolute Gasteiger partial charge is 0.236 e. The van der Waals surface area contributed by atoms with E-state index >= 15 is 0 Å². The fourth-order valence-electron chi connectivity index (χ4n) is 3.15. The maximum absolute atomic E-state index is 12.4. The first-order chi connectivity index (χ1) is 12.6. The number of nitrogens with zero attached hydrogens (tertiary/aromatic N) is 3. The van der Waals surface area contributed by atoms with Crippen LogP contribution in [0.3, 0.4) is 0 Å². The van der Waals surface area contributed by atoms with Crippen LogP contribution in [0.15, 0.2) is 24.3 Å². The molecule has 0 N–H and O–H groups in total. The number of methoxy groups -OCH3 is 1. The van der Waals surface area contributed by atoms with E-state index in [0.29, 0.717) is 39.1 Å². The average Bonchev–Trinajstić information content (AvgIpc) is 2.70. The number of hydrogen-bond acceptors (Lipinski definition) is 4. The van der Waals surface area contributed by atoms with Crippen LogP contribution in [-0.4, -0.2) is 79.4 Å². The molecular weight excluding hydrogens is 330 g/mol. The summed E-state index contributed by atoms with van der Waals surface area (Å²) < 4.78 is 5.15. The minimum atomic E-state index is 0.164. The third-order valence-electron chi connectivity index (χ3n) is 5.02. The Balaban J connectivity index is 1.74. The van der Waals surface area contributed by atoms with Gasteiger partial charge < -0.3 is 14.5 Å².